The number of carboxylic acids is 1. The summed E-state index contributed by atoms with van der Waals surface area (Å²) in [5.41, 5.74) is 1.14. The Morgan fingerprint density at radius 1 is 1.50 bits per heavy atom. The number of ether oxygens (including phenoxy) is 1. The van der Waals surface area contributed by atoms with Crippen molar-refractivity contribution in [1.82, 2.24) is 9.88 Å². The molecule has 0 aliphatic heterocycles. The Bertz CT molecular complexity index is 434. The molecular formula is C12H16N2O4. The molecule has 0 aromatic carbocycles. The third kappa shape index (κ3) is 4.14. The van der Waals surface area contributed by atoms with Gasteiger partial charge < -0.3 is 14.7 Å². The van der Waals surface area contributed by atoms with E-state index in [0.717, 1.165) is 0 Å². The number of hydrogen-bond acceptors (Lipinski definition) is 4. The van der Waals surface area contributed by atoms with Crippen molar-refractivity contribution in [2.75, 3.05) is 26.8 Å². The van der Waals surface area contributed by atoms with Gasteiger partial charge in [-0.3, -0.25) is 14.6 Å². The summed E-state index contributed by atoms with van der Waals surface area (Å²) in [7, 11) is 1.50. The predicted octanol–water partition coefficient (Wildman–Crippen LogP) is 0.563. The molecule has 0 unspecified atom stereocenters. The molecule has 0 aliphatic carbocycles. The number of carbonyl (C=O) groups excluding carboxylic acids is 1. The first-order valence-electron chi connectivity index (χ1n) is 5.47. The SMILES string of the molecule is COCCN(CC(=O)O)C(=O)c1ccnc(C)c1. The molecule has 1 aromatic heterocycles. The monoisotopic (exact) mass is 252 g/mol. The van der Waals surface area contributed by atoms with Gasteiger partial charge in [-0.2, -0.15) is 0 Å². The van der Waals surface area contributed by atoms with Gasteiger partial charge in [0.05, 0.1) is 6.61 Å². The molecule has 0 spiro atoms. The fraction of sp³-hybridized carbons (Fsp3) is 0.417. The van der Waals surface area contributed by atoms with Crippen LogP contribution in [0.2, 0.25) is 0 Å². The fourth-order valence-electron chi connectivity index (χ4n) is 1.48. The quantitative estimate of drug-likeness (QED) is 0.800. The molecule has 18 heavy (non-hydrogen) atoms. The summed E-state index contributed by atoms with van der Waals surface area (Å²) in [4.78, 5) is 28.1. The second-order valence-electron chi connectivity index (χ2n) is 3.80. The molecular weight excluding hydrogens is 236 g/mol. The van der Waals surface area contributed by atoms with Crippen LogP contribution < -0.4 is 0 Å². The van der Waals surface area contributed by atoms with E-state index in [-0.39, 0.29) is 19.0 Å². The van der Waals surface area contributed by atoms with E-state index in [1.165, 1.54) is 18.2 Å². The Labute approximate surface area is 105 Å². The maximum absolute atomic E-state index is 12.1. The molecule has 1 heterocycles. The lowest BCUT2D eigenvalue weighted by molar-refractivity contribution is -0.137. The number of aromatic nitrogens is 1. The van der Waals surface area contributed by atoms with Crippen LogP contribution in [-0.4, -0.2) is 53.7 Å². The second kappa shape index (κ2) is 6.70. The van der Waals surface area contributed by atoms with E-state index >= 15 is 0 Å². The summed E-state index contributed by atoms with van der Waals surface area (Å²) >= 11 is 0. The van der Waals surface area contributed by atoms with Gasteiger partial charge in [-0.1, -0.05) is 0 Å². The Morgan fingerprint density at radius 2 is 2.22 bits per heavy atom. The van der Waals surface area contributed by atoms with Crippen molar-refractivity contribution in [1.29, 1.82) is 0 Å². The van der Waals surface area contributed by atoms with Crippen LogP contribution in [0.5, 0.6) is 0 Å². The molecule has 0 radical (unpaired) electrons. The predicted molar refractivity (Wildman–Crippen MR) is 64.4 cm³/mol. The zero-order valence-electron chi connectivity index (χ0n) is 10.4. The number of aliphatic carboxylic acids is 1. The number of pyridine rings is 1. The lowest BCUT2D eigenvalue weighted by Crippen LogP contribution is -2.38. The Balaban J connectivity index is 2.83. The van der Waals surface area contributed by atoms with Crippen LogP contribution in [0.15, 0.2) is 18.3 Å². The van der Waals surface area contributed by atoms with Crippen LogP contribution in [0.3, 0.4) is 0 Å². The van der Waals surface area contributed by atoms with E-state index in [9.17, 15) is 9.59 Å². The number of rotatable bonds is 6. The van der Waals surface area contributed by atoms with Gasteiger partial charge in [0.25, 0.3) is 5.91 Å². The number of nitrogens with zero attached hydrogens (tertiary/aromatic N) is 2. The lowest BCUT2D eigenvalue weighted by atomic mass is 10.2. The largest absolute Gasteiger partial charge is 0.480 e. The van der Waals surface area contributed by atoms with Crippen LogP contribution in [-0.2, 0) is 9.53 Å². The normalized spacial score (nSPS) is 10.1. The summed E-state index contributed by atoms with van der Waals surface area (Å²) in [6.07, 6.45) is 1.53. The first kappa shape index (κ1) is 14.1. The number of carboxylic acid groups (broad SMARTS) is 1. The minimum absolute atomic E-state index is 0.239. The molecule has 0 aliphatic rings. The van der Waals surface area contributed by atoms with Gasteiger partial charge in [0.15, 0.2) is 0 Å². The highest BCUT2D eigenvalue weighted by Gasteiger charge is 2.18. The van der Waals surface area contributed by atoms with Gasteiger partial charge in [0, 0.05) is 31.1 Å². The minimum atomic E-state index is -1.05. The molecule has 0 saturated heterocycles. The van der Waals surface area contributed by atoms with Gasteiger partial charge in [0.1, 0.15) is 6.54 Å². The second-order valence-corrected chi connectivity index (χ2v) is 3.80. The average molecular weight is 252 g/mol. The van der Waals surface area contributed by atoms with Crippen molar-refractivity contribution >= 4 is 11.9 Å². The maximum Gasteiger partial charge on any atom is 0.323 e. The summed E-state index contributed by atoms with van der Waals surface area (Å²) in [5, 5.41) is 8.79. The summed E-state index contributed by atoms with van der Waals surface area (Å²) in [6.45, 7) is 1.96. The molecule has 1 rings (SSSR count). The lowest BCUT2D eigenvalue weighted by Gasteiger charge is -2.20. The number of amides is 1. The summed E-state index contributed by atoms with van der Waals surface area (Å²) < 4.78 is 4.86. The van der Waals surface area contributed by atoms with Crippen molar-refractivity contribution in [3.8, 4) is 0 Å². The fourth-order valence-corrected chi connectivity index (χ4v) is 1.48. The highest BCUT2D eigenvalue weighted by molar-refractivity contribution is 5.95. The van der Waals surface area contributed by atoms with Crippen molar-refractivity contribution in [2.45, 2.75) is 6.92 Å². The molecule has 1 amide bonds. The zero-order chi connectivity index (χ0) is 13.5. The molecule has 0 atom stereocenters. The van der Waals surface area contributed by atoms with Crippen molar-refractivity contribution in [3.63, 3.8) is 0 Å². The van der Waals surface area contributed by atoms with Gasteiger partial charge >= 0.3 is 5.97 Å². The van der Waals surface area contributed by atoms with E-state index < -0.39 is 5.97 Å². The molecule has 98 valence electrons. The Kier molecular flexibility index (Phi) is 5.26. The third-order valence-corrected chi connectivity index (χ3v) is 2.32. The van der Waals surface area contributed by atoms with Crippen molar-refractivity contribution in [2.24, 2.45) is 0 Å². The van der Waals surface area contributed by atoms with E-state index in [1.807, 2.05) is 0 Å². The van der Waals surface area contributed by atoms with Gasteiger partial charge in [0.2, 0.25) is 0 Å². The number of hydrogen-bond donors (Lipinski definition) is 1. The summed E-state index contributed by atoms with van der Waals surface area (Å²) in [6, 6.07) is 3.20. The van der Waals surface area contributed by atoms with Crippen molar-refractivity contribution < 1.29 is 19.4 Å². The molecule has 0 saturated carbocycles. The highest BCUT2D eigenvalue weighted by atomic mass is 16.5. The van der Waals surface area contributed by atoms with Crippen LogP contribution >= 0.6 is 0 Å². The van der Waals surface area contributed by atoms with E-state index in [0.29, 0.717) is 17.9 Å². The molecule has 1 aromatic rings. The van der Waals surface area contributed by atoms with Gasteiger partial charge in [-0.15, -0.1) is 0 Å². The summed E-state index contributed by atoms with van der Waals surface area (Å²) in [5.74, 6) is -1.38. The van der Waals surface area contributed by atoms with E-state index in [1.54, 1.807) is 19.1 Å². The van der Waals surface area contributed by atoms with Crippen LogP contribution in [0, 0.1) is 6.92 Å². The Hall–Kier alpha value is -1.95. The van der Waals surface area contributed by atoms with Gasteiger partial charge in [-0.05, 0) is 19.1 Å². The number of carbonyl (C=O) groups is 2. The maximum atomic E-state index is 12.1. The Morgan fingerprint density at radius 3 is 2.78 bits per heavy atom. The number of methoxy groups -OCH3 is 1. The van der Waals surface area contributed by atoms with Crippen molar-refractivity contribution in [3.05, 3.63) is 29.6 Å². The van der Waals surface area contributed by atoms with E-state index in [4.69, 9.17) is 9.84 Å². The number of aryl methyl sites for hydroxylation is 1. The smallest absolute Gasteiger partial charge is 0.323 e. The molecule has 6 nitrogen and oxygen atoms in total. The molecule has 0 fully saturated rings. The van der Waals surface area contributed by atoms with Crippen LogP contribution in [0.25, 0.3) is 0 Å². The first-order chi connectivity index (χ1) is 8.54. The molecule has 1 N–H and O–H groups in total. The highest BCUT2D eigenvalue weighted by Crippen LogP contribution is 2.06. The average Bonchev–Trinajstić information content (AvgIpc) is 2.33. The molecule has 6 heteroatoms. The van der Waals surface area contributed by atoms with E-state index in [2.05, 4.69) is 4.98 Å². The molecule has 0 bridgehead atoms. The first-order valence-corrected chi connectivity index (χ1v) is 5.47. The third-order valence-electron chi connectivity index (χ3n) is 2.32. The standard InChI is InChI=1S/C12H16N2O4/c1-9-7-10(3-4-13-9)12(17)14(5-6-18-2)8-11(15)16/h3-4,7H,5-6,8H2,1-2H3,(H,15,16). The van der Waals surface area contributed by atoms with Crippen LogP contribution in [0.1, 0.15) is 16.1 Å². The van der Waals surface area contributed by atoms with Gasteiger partial charge in [-0.25, -0.2) is 0 Å². The minimum Gasteiger partial charge on any atom is -0.480 e. The zero-order valence-corrected chi connectivity index (χ0v) is 10.4. The van der Waals surface area contributed by atoms with Crippen LogP contribution in [0.4, 0.5) is 0 Å². The topological polar surface area (TPSA) is 79.7 Å².